The van der Waals surface area contributed by atoms with E-state index in [1.165, 1.54) is 35.0 Å². The first-order chi connectivity index (χ1) is 17.4. The Morgan fingerprint density at radius 3 is 2.31 bits per heavy atom. The predicted molar refractivity (Wildman–Crippen MR) is 135 cm³/mol. The van der Waals surface area contributed by atoms with Crippen molar-refractivity contribution in [2.75, 3.05) is 31.1 Å². The molecule has 0 unspecified atom stereocenters. The van der Waals surface area contributed by atoms with Crippen LogP contribution in [-0.2, 0) is 0 Å². The fourth-order valence-corrected chi connectivity index (χ4v) is 4.43. The number of hydrogen-bond acceptors (Lipinski definition) is 5. The molecule has 0 spiro atoms. The van der Waals surface area contributed by atoms with Crippen molar-refractivity contribution in [1.82, 2.24) is 14.7 Å². The van der Waals surface area contributed by atoms with Gasteiger partial charge in [-0.05, 0) is 48.5 Å². The summed E-state index contributed by atoms with van der Waals surface area (Å²) in [4.78, 5) is 28.1. The van der Waals surface area contributed by atoms with Crippen molar-refractivity contribution in [1.29, 1.82) is 0 Å². The van der Waals surface area contributed by atoms with Crippen LogP contribution in [0.2, 0.25) is 5.02 Å². The van der Waals surface area contributed by atoms with Crippen molar-refractivity contribution >= 4 is 28.9 Å². The number of benzene rings is 3. The molecule has 0 radical (unpaired) electrons. The lowest BCUT2D eigenvalue weighted by Gasteiger charge is -2.36. The molecule has 5 rings (SSSR count). The highest BCUT2D eigenvalue weighted by Crippen LogP contribution is 2.27. The molecule has 182 valence electrons. The Hall–Kier alpha value is -4.24. The number of carbonyl (C=O) groups excluding carboxylic acids is 1. The molecule has 1 amide bonds. The van der Waals surface area contributed by atoms with Gasteiger partial charge in [-0.25, -0.2) is 9.07 Å². The number of aromatic nitrogens is 2. The van der Waals surface area contributed by atoms with Crippen LogP contribution in [0.15, 0.2) is 78.9 Å². The van der Waals surface area contributed by atoms with E-state index in [1.807, 2.05) is 24.3 Å². The summed E-state index contributed by atoms with van der Waals surface area (Å²) in [5.74, 6) is -0.714. The minimum absolute atomic E-state index is 0.0785. The van der Waals surface area contributed by atoms with Gasteiger partial charge >= 0.3 is 0 Å². The van der Waals surface area contributed by atoms with E-state index < -0.39 is 10.7 Å². The van der Waals surface area contributed by atoms with Gasteiger partial charge in [0.2, 0.25) is 0 Å². The highest BCUT2D eigenvalue weighted by atomic mass is 35.5. The number of nitro groups is 1. The first kappa shape index (κ1) is 23.5. The number of amides is 1. The first-order valence-electron chi connectivity index (χ1n) is 11.3. The number of halogens is 2. The highest BCUT2D eigenvalue weighted by molar-refractivity contribution is 6.30. The van der Waals surface area contributed by atoms with Crippen molar-refractivity contribution < 1.29 is 14.1 Å². The molecule has 0 N–H and O–H groups in total. The number of piperazine rings is 1. The number of rotatable bonds is 5. The van der Waals surface area contributed by atoms with Gasteiger partial charge in [-0.15, -0.1) is 0 Å². The largest absolute Gasteiger partial charge is 0.368 e. The predicted octanol–water partition coefficient (Wildman–Crippen LogP) is 5.20. The van der Waals surface area contributed by atoms with Crippen LogP contribution < -0.4 is 4.90 Å². The molecule has 10 heteroatoms. The van der Waals surface area contributed by atoms with E-state index in [9.17, 15) is 19.3 Å². The molecule has 8 nitrogen and oxygen atoms in total. The summed E-state index contributed by atoms with van der Waals surface area (Å²) < 4.78 is 15.9. The zero-order valence-corrected chi connectivity index (χ0v) is 19.8. The van der Waals surface area contributed by atoms with Gasteiger partial charge in [0.15, 0.2) is 0 Å². The molecule has 1 aliphatic heterocycles. The molecule has 1 aromatic heterocycles. The van der Waals surface area contributed by atoms with E-state index in [-0.39, 0.29) is 22.9 Å². The lowest BCUT2D eigenvalue weighted by Crippen LogP contribution is -2.49. The van der Waals surface area contributed by atoms with Crippen LogP contribution in [0.5, 0.6) is 0 Å². The number of hydrogen-bond donors (Lipinski definition) is 0. The average Bonchev–Trinajstić information content (AvgIpc) is 3.34. The van der Waals surface area contributed by atoms with Gasteiger partial charge < -0.3 is 9.80 Å². The van der Waals surface area contributed by atoms with E-state index in [0.717, 1.165) is 5.69 Å². The monoisotopic (exact) mass is 505 g/mol. The molecular weight excluding hydrogens is 485 g/mol. The highest BCUT2D eigenvalue weighted by Gasteiger charge is 2.27. The minimum atomic E-state index is -0.497. The van der Waals surface area contributed by atoms with Gasteiger partial charge in [-0.2, -0.15) is 5.10 Å². The van der Waals surface area contributed by atoms with Crippen LogP contribution in [0.3, 0.4) is 0 Å². The number of nitrogens with zero attached hydrogens (tertiary/aromatic N) is 5. The second kappa shape index (κ2) is 9.79. The van der Waals surface area contributed by atoms with E-state index in [1.54, 1.807) is 29.2 Å². The van der Waals surface area contributed by atoms with E-state index >= 15 is 0 Å². The van der Waals surface area contributed by atoms with Gasteiger partial charge in [-0.1, -0.05) is 29.8 Å². The summed E-state index contributed by atoms with van der Waals surface area (Å²) in [6.45, 7) is 2.20. The van der Waals surface area contributed by atoms with Crippen LogP contribution in [-0.4, -0.2) is 51.7 Å². The first-order valence-corrected chi connectivity index (χ1v) is 11.7. The third-order valence-corrected chi connectivity index (χ3v) is 6.36. The summed E-state index contributed by atoms with van der Waals surface area (Å²) in [5.41, 5.74) is 2.19. The number of anilines is 1. The molecule has 36 heavy (non-hydrogen) atoms. The van der Waals surface area contributed by atoms with Gasteiger partial charge in [0.25, 0.3) is 11.6 Å². The molecule has 1 fully saturated rings. The molecular formula is C26H21ClFN5O3. The second-order valence-corrected chi connectivity index (χ2v) is 8.78. The molecule has 4 aromatic rings. The van der Waals surface area contributed by atoms with Crippen LogP contribution >= 0.6 is 11.6 Å². The lowest BCUT2D eigenvalue weighted by atomic mass is 10.1. The third kappa shape index (κ3) is 4.65. The Morgan fingerprint density at radius 1 is 0.917 bits per heavy atom. The fourth-order valence-electron chi connectivity index (χ4n) is 4.25. The normalized spacial score (nSPS) is 13.6. The zero-order chi connectivity index (χ0) is 25.2. The third-order valence-electron chi connectivity index (χ3n) is 6.12. The second-order valence-electron chi connectivity index (χ2n) is 8.34. The Labute approximate surface area is 211 Å². The van der Waals surface area contributed by atoms with E-state index in [0.29, 0.717) is 42.6 Å². The topological polar surface area (TPSA) is 84.5 Å². The molecule has 0 aliphatic carbocycles. The molecule has 2 heterocycles. The fraction of sp³-hybridized carbons (Fsp3) is 0.154. The maximum absolute atomic E-state index is 14.5. The van der Waals surface area contributed by atoms with Gasteiger partial charge in [-0.3, -0.25) is 14.9 Å². The number of non-ortho nitro benzene ring substituents is 1. The smallest absolute Gasteiger partial charge is 0.272 e. The lowest BCUT2D eigenvalue weighted by molar-refractivity contribution is -0.384. The van der Waals surface area contributed by atoms with E-state index in [2.05, 4.69) is 10.00 Å². The van der Waals surface area contributed by atoms with Gasteiger partial charge in [0.05, 0.1) is 16.3 Å². The van der Waals surface area contributed by atoms with Crippen LogP contribution in [0, 0.1) is 15.9 Å². The van der Waals surface area contributed by atoms with Crippen molar-refractivity contribution in [2.24, 2.45) is 0 Å². The van der Waals surface area contributed by atoms with Crippen LogP contribution in [0.1, 0.15) is 10.5 Å². The SMILES string of the molecule is O=C(c1cc(-c2ccccc2F)nn1-c1ccc([N+](=O)[O-])cc1)N1CCN(c2cccc(Cl)c2)CC1. The van der Waals surface area contributed by atoms with Crippen molar-refractivity contribution in [3.05, 3.63) is 106 Å². The summed E-state index contributed by atoms with van der Waals surface area (Å²) >= 11 is 6.12. The maximum atomic E-state index is 14.5. The molecule has 1 saturated heterocycles. The summed E-state index contributed by atoms with van der Waals surface area (Å²) in [6.07, 6.45) is 0. The Kier molecular flexibility index (Phi) is 6.39. The van der Waals surface area contributed by atoms with Gasteiger partial charge in [0.1, 0.15) is 11.5 Å². The average molecular weight is 506 g/mol. The molecule has 0 bridgehead atoms. The number of nitro benzene ring substituents is 1. The molecule has 3 aromatic carbocycles. The summed E-state index contributed by atoms with van der Waals surface area (Å²) in [6, 6.07) is 21.1. The Morgan fingerprint density at radius 2 is 1.64 bits per heavy atom. The van der Waals surface area contributed by atoms with Crippen LogP contribution in [0.4, 0.5) is 15.8 Å². The number of carbonyl (C=O) groups is 1. The quantitative estimate of drug-likeness (QED) is 0.275. The molecule has 0 atom stereocenters. The maximum Gasteiger partial charge on any atom is 0.272 e. The molecule has 0 saturated carbocycles. The van der Waals surface area contributed by atoms with E-state index in [4.69, 9.17) is 11.6 Å². The molecule has 1 aliphatic rings. The Bertz CT molecular complexity index is 1430. The van der Waals surface area contributed by atoms with Crippen molar-refractivity contribution in [3.8, 4) is 16.9 Å². The minimum Gasteiger partial charge on any atom is -0.368 e. The Balaban J connectivity index is 1.45. The summed E-state index contributed by atoms with van der Waals surface area (Å²) in [7, 11) is 0. The zero-order valence-electron chi connectivity index (χ0n) is 19.1. The van der Waals surface area contributed by atoms with Gasteiger partial charge in [0, 0.05) is 54.6 Å². The standard InChI is InChI=1S/C26H21ClFN5O3/c27-18-4-3-5-21(16-18)30-12-14-31(15-13-30)26(34)25-17-24(22-6-1-2-7-23(22)28)29-32(25)19-8-10-20(11-9-19)33(35)36/h1-11,16-17H,12-15H2. The van der Waals surface area contributed by atoms with Crippen LogP contribution in [0.25, 0.3) is 16.9 Å². The summed E-state index contributed by atoms with van der Waals surface area (Å²) in [5, 5.41) is 16.2. The van der Waals surface area contributed by atoms with Crippen molar-refractivity contribution in [3.63, 3.8) is 0 Å². The van der Waals surface area contributed by atoms with Crippen molar-refractivity contribution in [2.45, 2.75) is 0 Å².